The minimum Gasteiger partial charge on any atom is -0.748 e. The highest BCUT2D eigenvalue weighted by Crippen LogP contribution is 2.69. The van der Waals surface area contributed by atoms with E-state index in [1.807, 2.05) is 70.2 Å². The van der Waals surface area contributed by atoms with Gasteiger partial charge in [0.2, 0.25) is 0 Å². The lowest BCUT2D eigenvalue weighted by atomic mass is 9.67. The van der Waals surface area contributed by atoms with E-state index in [9.17, 15) is 71.1 Å². The molecule has 7 unspecified atom stereocenters. The van der Waals surface area contributed by atoms with Crippen molar-refractivity contribution < 1.29 is 127 Å². The van der Waals surface area contributed by atoms with Crippen LogP contribution in [0.15, 0.2) is 83.8 Å². The van der Waals surface area contributed by atoms with Gasteiger partial charge in [-0.1, -0.05) is 256 Å². The Bertz CT molecular complexity index is 4370. The largest absolute Gasteiger partial charge is 0.748 e. The number of hydrogen-bond acceptors (Lipinski definition) is 23. The number of carboxylic acid groups (broad SMARTS) is 1. The molecule has 4 aromatic rings. The van der Waals surface area contributed by atoms with Crippen molar-refractivity contribution in [3.8, 4) is 0 Å². The molecule has 0 heterocycles. The predicted molar refractivity (Wildman–Crippen MR) is 591 cm³/mol. The summed E-state index contributed by atoms with van der Waals surface area (Å²) in [5, 5.41) is 10.8. The second kappa shape index (κ2) is 76.8. The number of carboxylic acids is 1. The lowest BCUT2D eigenvalue weighted by molar-refractivity contribution is -0.929. The van der Waals surface area contributed by atoms with Gasteiger partial charge in [-0.15, -0.1) is 0 Å². The lowest BCUT2D eigenvalue weighted by Gasteiger charge is -2.39. The molecule has 4 aliphatic carbocycles. The van der Waals surface area contributed by atoms with Gasteiger partial charge in [-0.05, 0) is 227 Å². The summed E-state index contributed by atoms with van der Waals surface area (Å²) in [7, 11) is -10.4. The molecule has 4 saturated carbocycles. The summed E-state index contributed by atoms with van der Waals surface area (Å²) in [5.41, 5.74) is 2.31. The highest BCUT2D eigenvalue weighted by atomic mass is 32.2. The summed E-state index contributed by atoms with van der Waals surface area (Å²) in [5.74, 6) is 0.124. The van der Waals surface area contributed by atoms with Gasteiger partial charge in [0.15, 0.2) is 0 Å². The van der Waals surface area contributed by atoms with Crippen molar-refractivity contribution >= 4 is 75.1 Å². The van der Waals surface area contributed by atoms with Gasteiger partial charge in [0.25, 0.3) is 0 Å². The van der Waals surface area contributed by atoms with Crippen LogP contribution in [0.5, 0.6) is 0 Å². The quantitative estimate of drug-likeness (QED) is 0.0107. The lowest BCUT2D eigenvalue weighted by Crippen LogP contribution is -2.55. The number of ether oxygens (including phenoxy) is 7. The summed E-state index contributed by atoms with van der Waals surface area (Å²) in [6.07, 6.45) is 39.6. The van der Waals surface area contributed by atoms with Crippen molar-refractivity contribution in [3.05, 3.63) is 112 Å². The number of methoxy groups -OCH3 is 4. The Labute approximate surface area is 893 Å². The van der Waals surface area contributed by atoms with Crippen molar-refractivity contribution in [3.63, 3.8) is 0 Å². The fraction of sp³-hybridized carbons (Fsp3) is 0.774. The van der Waals surface area contributed by atoms with E-state index in [0.29, 0.717) is 34.4 Å². The minimum atomic E-state index is -4.47. The normalized spacial score (nSPS) is 16.9. The molecule has 32 heteroatoms. The van der Waals surface area contributed by atoms with E-state index in [2.05, 4.69) is 102 Å². The third kappa shape index (κ3) is 55.8. The number of rotatable bonds is 67. The van der Waals surface area contributed by atoms with Crippen LogP contribution in [0.1, 0.15) is 389 Å². The van der Waals surface area contributed by atoms with Crippen LogP contribution < -0.4 is 0 Å². The zero-order chi connectivity index (χ0) is 111. The number of carbonyl (C=O) groups is 4. The van der Waals surface area contributed by atoms with Gasteiger partial charge in [-0.3, -0.25) is 4.79 Å². The smallest absolute Gasteiger partial charge is 0.339 e. The second-order valence-corrected chi connectivity index (χ2v) is 48.3. The molecule has 0 saturated heterocycles. The van der Waals surface area contributed by atoms with Crippen molar-refractivity contribution in [2.24, 2.45) is 41.4 Å². The fourth-order valence-electron chi connectivity index (χ4n) is 21.2. The van der Waals surface area contributed by atoms with Gasteiger partial charge in [-0.2, -0.15) is 0 Å². The number of carbonyl (C=O) groups excluding carboxylic acids is 3. The van der Waals surface area contributed by atoms with Crippen molar-refractivity contribution in [2.75, 3.05) is 197 Å². The summed E-state index contributed by atoms with van der Waals surface area (Å²) >= 11 is 0. The first-order valence-electron chi connectivity index (χ1n) is 56.4. The van der Waals surface area contributed by atoms with Crippen molar-refractivity contribution in [1.29, 1.82) is 0 Å². The number of esters is 3. The van der Waals surface area contributed by atoms with E-state index in [4.69, 9.17) is 33.5 Å². The molecular formula is C115H204N4O24S4. The maximum atomic E-state index is 12.3. The Hall–Kier alpha value is -5.66. The Kier molecular flexibility index (Phi) is 72.8. The highest BCUT2D eigenvalue weighted by molar-refractivity contribution is 7.86. The van der Waals surface area contributed by atoms with E-state index in [-0.39, 0.29) is 65.8 Å². The van der Waals surface area contributed by atoms with E-state index in [1.165, 1.54) is 296 Å². The molecule has 4 aromatic carbocycles. The molecule has 4 fully saturated rings. The van der Waals surface area contributed by atoms with E-state index < -0.39 is 82.2 Å². The summed E-state index contributed by atoms with van der Waals surface area (Å²) in [4.78, 5) is 46.3. The van der Waals surface area contributed by atoms with Gasteiger partial charge >= 0.3 is 23.9 Å². The number of benzene rings is 4. The first-order valence-corrected chi connectivity index (χ1v) is 62.5. The molecule has 0 amide bonds. The molecular weight excluding hydrogens is 1950 g/mol. The summed E-state index contributed by atoms with van der Waals surface area (Å²) in [6, 6.07) is 21.8. The molecule has 4 aliphatic rings. The third-order valence-electron chi connectivity index (χ3n) is 29.8. The molecule has 4 bridgehead atoms. The predicted octanol–water partition coefficient (Wildman–Crippen LogP) is 23.2. The molecule has 0 spiro atoms. The van der Waals surface area contributed by atoms with Crippen LogP contribution >= 0.6 is 0 Å². The maximum Gasteiger partial charge on any atom is 0.339 e. The topological polar surface area (TPSA) is 382 Å². The van der Waals surface area contributed by atoms with Crippen molar-refractivity contribution in [2.45, 2.75) is 346 Å². The molecule has 0 aliphatic heterocycles. The number of quaternary nitrogens is 4. The number of hydrogen-bond donors (Lipinski definition) is 1. The van der Waals surface area contributed by atoms with Gasteiger partial charge < -0.3 is 74.4 Å². The molecule has 0 aromatic heterocycles. The second-order valence-electron chi connectivity index (χ2n) is 42.4. The number of fused-ring (bicyclic) bond motifs is 10. The molecule has 8 rings (SSSR count). The molecule has 852 valence electrons. The Morgan fingerprint density at radius 2 is 0.660 bits per heavy atom. The molecule has 7 atom stereocenters. The Balaban J connectivity index is 0.000000842. The number of aromatic carboxylic acids is 1. The fourth-order valence-corrected chi connectivity index (χ4v) is 23.6. The van der Waals surface area contributed by atoms with Gasteiger partial charge in [0.1, 0.15) is 42.9 Å². The van der Waals surface area contributed by atoms with E-state index in [0.717, 1.165) is 104 Å². The van der Waals surface area contributed by atoms with Gasteiger partial charge in [0, 0.05) is 39.9 Å². The molecule has 28 nitrogen and oxygen atoms in total. The first-order chi connectivity index (χ1) is 69.7. The van der Waals surface area contributed by atoms with Crippen LogP contribution in [-0.2, 0) is 78.4 Å². The molecule has 1 N–H and O–H groups in total. The molecule has 147 heavy (non-hydrogen) atoms. The van der Waals surface area contributed by atoms with Gasteiger partial charge in [-0.25, -0.2) is 48.1 Å². The van der Waals surface area contributed by atoms with Crippen LogP contribution in [0.4, 0.5) is 0 Å². The van der Waals surface area contributed by atoms with Crippen LogP contribution in [-0.4, -0.2) is 295 Å². The Morgan fingerprint density at radius 1 is 0.340 bits per heavy atom. The van der Waals surface area contributed by atoms with Crippen LogP contribution in [0.25, 0.3) is 10.8 Å². The minimum absolute atomic E-state index is 0.00511. The van der Waals surface area contributed by atoms with Crippen LogP contribution in [0.3, 0.4) is 0 Å². The average Bonchev–Trinajstić information content (AvgIpc) is 1.54. The monoisotopic (exact) mass is 2150 g/mol. The molecule has 0 radical (unpaired) electrons. The van der Waals surface area contributed by atoms with E-state index in [1.54, 1.807) is 40.6 Å². The SMILES string of the molecule is CC(C)c1cc(C(C)C)c(S(=O)(=O)[O-])c(C(C)C)c1.CCCC[N+](CCCC)(CCCC)CCCC.CCCC[N+](CCCC)(CCCC)CCCC.CCCC[N+](CCCC)(CCCC)CCCC.COCC[N+](CCOC)(CCOC)CCOC.O=C(O)c1ccccc1C(=O)OCCS(=O)(=O)[O-].O=C(OCCCS(=O)(=O)[O-])C1CC2CC1C1C3CCC(C3)C21.O=C(OCCCS(=O)(=O)[O-])c1ccc2ccccc2c1. The maximum absolute atomic E-state index is 12.3. The van der Waals surface area contributed by atoms with E-state index >= 15 is 0 Å². The summed E-state index contributed by atoms with van der Waals surface area (Å²) < 4.78 is 169. The first kappa shape index (κ1) is 139. The van der Waals surface area contributed by atoms with Crippen molar-refractivity contribution in [1.82, 2.24) is 0 Å². The zero-order valence-corrected chi connectivity index (χ0v) is 98.6. The zero-order valence-electron chi connectivity index (χ0n) is 95.3. The average molecular weight is 2160 g/mol. The highest BCUT2D eigenvalue weighted by Gasteiger charge is 2.63. The number of unbranched alkanes of at least 4 members (excludes halogenated alkanes) is 12. The van der Waals surface area contributed by atoms with Gasteiger partial charge in [0.05, 0.1) is 182 Å². The van der Waals surface area contributed by atoms with Crippen LogP contribution in [0, 0.1) is 41.4 Å². The summed E-state index contributed by atoms with van der Waals surface area (Å²) in [6.45, 7) is 63.0. The third-order valence-corrected chi connectivity index (χ3v) is 33.0. The standard InChI is InChI=1S/3C16H36N.C16H24O5S.C15H24O3S.C14H14O5S.C12H28NO4.C10H10O7S/c3*1-5-9-13-17(14-10-6-2,15-11-7-3)16-12-8-4;17-16(21-4-1-5-22(18,19)20)13-8-11-7-12(13)15-10-3-2-9(6-10)14(11)15;1-9(2)12-7-13(10(3)4)15(19(16,17)18)14(8-12)11(5)6;15-14(19-8-3-9-20(16,17)18)13-7-6-11-4-1-2-5-12(11)10-13;1-14-9-5-13(6-10-15-2,7-11-16-3)8-12-17-4;11-9(12)7-3-1-2-4-8(7)10(13)17-5-6-18(14,15)16/h3*5-16H2,1-4H3;9-15H,1-8H2,(H,18,19,20);7-11H,1-6H3,(H,16,17,18);1-2,4-7,10H,3,8-9H2,(H,16,17,18);5-12H2,1-4H3;1-4H,5-6H2,(H,11,12)(H,14,15,16)/q3*+1;;;;+1;/p-4. The van der Waals surface area contributed by atoms with Crippen LogP contribution in [0.2, 0.25) is 0 Å². The Morgan fingerprint density at radius 3 is 0.980 bits per heavy atom. The number of nitrogens with zero attached hydrogens (tertiary/aromatic N) is 4.